The Bertz CT molecular complexity index is 1300. The van der Waals surface area contributed by atoms with E-state index >= 15 is 0 Å². The summed E-state index contributed by atoms with van der Waals surface area (Å²) in [4.78, 5) is 35.0. The number of nitrogens with zero attached hydrogens (tertiary/aromatic N) is 2. The minimum atomic E-state index is -0.405. The smallest absolute Gasteiger partial charge is 0.265 e. The van der Waals surface area contributed by atoms with Crippen molar-refractivity contribution < 1.29 is 19.4 Å². The molecule has 3 aromatic carbocycles. The molecule has 2 heterocycles. The lowest BCUT2D eigenvalue weighted by Gasteiger charge is -2.29. The maximum atomic E-state index is 13.0. The lowest BCUT2D eigenvalue weighted by molar-refractivity contribution is -0.122. The van der Waals surface area contributed by atoms with Crippen LogP contribution in [0.2, 0.25) is 0 Å². The first-order valence-electron chi connectivity index (χ1n) is 11.1. The number of H-pyrrole nitrogens is 1. The van der Waals surface area contributed by atoms with E-state index < -0.39 is 6.04 Å². The van der Waals surface area contributed by atoms with Crippen molar-refractivity contribution >= 4 is 28.5 Å². The number of carbonyl (C=O) groups excluding carboxylic acids is 2. The number of fused-ring (bicyclic) bond motifs is 2. The van der Waals surface area contributed by atoms with Crippen LogP contribution in [0.1, 0.15) is 23.9 Å². The van der Waals surface area contributed by atoms with Crippen molar-refractivity contribution in [3.8, 4) is 11.5 Å². The summed E-state index contributed by atoms with van der Waals surface area (Å²) < 4.78 is 5.48. The number of phenolic OH excluding ortho intramolecular Hbond substituents is 1. The number of amides is 2. The quantitative estimate of drug-likeness (QED) is 0.395. The van der Waals surface area contributed by atoms with Crippen LogP contribution in [0.4, 0.5) is 5.69 Å². The highest BCUT2D eigenvalue weighted by Crippen LogP contribution is 2.31. The molecule has 3 N–H and O–H groups in total. The zero-order valence-electron chi connectivity index (χ0n) is 18.4. The van der Waals surface area contributed by atoms with E-state index in [-0.39, 0.29) is 37.1 Å². The molecule has 172 valence electrons. The first-order valence-corrected chi connectivity index (χ1v) is 11.1. The van der Waals surface area contributed by atoms with Crippen molar-refractivity contribution in [3.63, 3.8) is 0 Å². The molecule has 2 amide bonds. The van der Waals surface area contributed by atoms with E-state index in [0.29, 0.717) is 23.7 Å². The van der Waals surface area contributed by atoms with E-state index in [1.807, 2.05) is 60.7 Å². The molecule has 0 unspecified atom stereocenters. The highest BCUT2D eigenvalue weighted by atomic mass is 16.5. The van der Waals surface area contributed by atoms with Gasteiger partial charge in [0.25, 0.3) is 5.91 Å². The largest absolute Gasteiger partial charge is 0.508 e. The van der Waals surface area contributed by atoms with E-state index in [1.54, 1.807) is 17.0 Å². The molecule has 1 aliphatic heterocycles. The monoisotopic (exact) mass is 456 g/mol. The number of aromatic nitrogens is 2. The number of aromatic hydroxyl groups is 1. The van der Waals surface area contributed by atoms with Crippen molar-refractivity contribution in [3.05, 3.63) is 84.2 Å². The number of rotatable bonds is 7. The Morgan fingerprint density at radius 1 is 1.09 bits per heavy atom. The van der Waals surface area contributed by atoms with Crippen molar-refractivity contribution in [1.29, 1.82) is 0 Å². The second-order valence-electron chi connectivity index (χ2n) is 8.18. The van der Waals surface area contributed by atoms with Gasteiger partial charge in [0.15, 0.2) is 6.61 Å². The molecule has 0 radical (unpaired) electrons. The lowest BCUT2D eigenvalue weighted by Crippen LogP contribution is -2.41. The summed E-state index contributed by atoms with van der Waals surface area (Å²) in [6.07, 6.45) is 0.623. The van der Waals surface area contributed by atoms with Crippen molar-refractivity contribution in [2.24, 2.45) is 0 Å². The van der Waals surface area contributed by atoms with Gasteiger partial charge in [-0.25, -0.2) is 4.98 Å². The summed E-state index contributed by atoms with van der Waals surface area (Å²) in [5, 5.41) is 12.7. The fourth-order valence-corrected chi connectivity index (χ4v) is 4.10. The molecule has 1 aliphatic rings. The third kappa shape index (κ3) is 4.56. The number of benzene rings is 3. The molecule has 0 bridgehead atoms. The Balaban J connectivity index is 1.33. The zero-order chi connectivity index (χ0) is 23.5. The predicted molar refractivity (Wildman–Crippen MR) is 128 cm³/mol. The number of hydrogen-bond donors (Lipinski definition) is 3. The van der Waals surface area contributed by atoms with Gasteiger partial charge in [-0.15, -0.1) is 0 Å². The molecule has 34 heavy (non-hydrogen) atoms. The van der Waals surface area contributed by atoms with E-state index in [2.05, 4.69) is 15.3 Å². The van der Waals surface area contributed by atoms with Gasteiger partial charge >= 0.3 is 0 Å². The van der Waals surface area contributed by atoms with Gasteiger partial charge in [-0.05, 0) is 48.4 Å². The number of nitrogens with one attached hydrogen (secondary N) is 2. The first-order chi connectivity index (χ1) is 16.6. The summed E-state index contributed by atoms with van der Waals surface area (Å²) in [6, 6.07) is 21.5. The molecule has 0 fully saturated rings. The van der Waals surface area contributed by atoms with Gasteiger partial charge in [-0.3, -0.25) is 9.59 Å². The third-order valence-electron chi connectivity index (χ3n) is 5.82. The van der Waals surface area contributed by atoms with Crippen molar-refractivity contribution in [1.82, 2.24) is 15.3 Å². The molecule has 1 aromatic heterocycles. The molecule has 0 saturated carbocycles. The second-order valence-corrected chi connectivity index (χ2v) is 8.18. The molecular weight excluding hydrogens is 432 g/mol. The van der Waals surface area contributed by atoms with Crippen LogP contribution >= 0.6 is 0 Å². The number of hydrogen-bond acceptors (Lipinski definition) is 5. The van der Waals surface area contributed by atoms with Gasteiger partial charge in [0.05, 0.1) is 22.8 Å². The van der Waals surface area contributed by atoms with Gasteiger partial charge in [0, 0.05) is 13.0 Å². The maximum Gasteiger partial charge on any atom is 0.265 e. The number of anilines is 1. The minimum Gasteiger partial charge on any atom is -0.508 e. The van der Waals surface area contributed by atoms with Crippen LogP contribution < -0.4 is 15.0 Å². The third-order valence-corrected chi connectivity index (χ3v) is 5.82. The topological polar surface area (TPSA) is 108 Å². The fraction of sp³-hybridized carbons (Fsp3) is 0.192. The standard InChI is InChI=1S/C26H24N4O4/c31-18-11-9-17(10-12-18)15-21(26-28-19-5-1-2-6-20(19)29-26)27-24(32)13-14-30-22-7-3-4-8-23(22)34-16-25(30)33/h1-12,21,31H,13-16H2,(H,27,32)(H,28,29)/t21-/m1/s1. The SMILES string of the molecule is O=C(CCN1C(=O)COc2ccccc21)N[C@H](Cc1ccc(O)cc1)c1nc2ccccc2[nH]1. The van der Waals surface area contributed by atoms with Crippen LogP contribution in [0.15, 0.2) is 72.8 Å². The van der Waals surface area contributed by atoms with Gasteiger partial charge in [-0.1, -0.05) is 36.4 Å². The summed E-state index contributed by atoms with van der Waals surface area (Å²) in [7, 11) is 0. The normalized spacial score (nSPS) is 13.9. The molecule has 0 spiro atoms. The van der Waals surface area contributed by atoms with E-state index in [0.717, 1.165) is 16.6 Å². The van der Waals surface area contributed by atoms with Gasteiger partial charge in [0.1, 0.15) is 17.3 Å². The Morgan fingerprint density at radius 2 is 1.85 bits per heavy atom. The summed E-state index contributed by atoms with van der Waals surface area (Å²) >= 11 is 0. The number of carbonyl (C=O) groups is 2. The molecule has 8 nitrogen and oxygen atoms in total. The highest BCUT2D eigenvalue weighted by Gasteiger charge is 2.26. The molecule has 0 saturated heterocycles. The van der Waals surface area contributed by atoms with E-state index in [9.17, 15) is 14.7 Å². The van der Waals surface area contributed by atoms with Crippen LogP contribution in [0, 0.1) is 0 Å². The molecular formula is C26H24N4O4. The summed E-state index contributed by atoms with van der Waals surface area (Å²) in [5.41, 5.74) is 3.32. The number of phenols is 1. The predicted octanol–water partition coefficient (Wildman–Crippen LogP) is 3.48. The summed E-state index contributed by atoms with van der Waals surface area (Å²) in [6.45, 7) is 0.207. The van der Waals surface area contributed by atoms with E-state index in [4.69, 9.17) is 4.74 Å². The molecule has 0 aliphatic carbocycles. The molecule has 8 heteroatoms. The molecule has 1 atom stereocenters. The number of imidazole rings is 1. The fourth-order valence-electron chi connectivity index (χ4n) is 4.10. The van der Waals surface area contributed by atoms with Gasteiger partial charge in [-0.2, -0.15) is 0 Å². The first kappa shape index (κ1) is 21.5. The van der Waals surface area contributed by atoms with Crippen LogP contribution in [0.3, 0.4) is 0 Å². The van der Waals surface area contributed by atoms with Crippen LogP contribution in [0.25, 0.3) is 11.0 Å². The number of para-hydroxylation sites is 4. The highest BCUT2D eigenvalue weighted by molar-refractivity contribution is 5.98. The Hall–Kier alpha value is -4.33. The Labute approximate surface area is 196 Å². The zero-order valence-corrected chi connectivity index (χ0v) is 18.4. The second kappa shape index (κ2) is 9.27. The molecule has 5 rings (SSSR count). The van der Waals surface area contributed by atoms with Gasteiger partial charge < -0.3 is 25.0 Å². The number of ether oxygens (including phenoxy) is 1. The van der Waals surface area contributed by atoms with Crippen molar-refractivity contribution in [2.45, 2.75) is 18.9 Å². The van der Waals surface area contributed by atoms with Crippen LogP contribution in [0.5, 0.6) is 11.5 Å². The average Bonchev–Trinajstić information content (AvgIpc) is 3.29. The minimum absolute atomic E-state index is 0.0406. The maximum absolute atomic E-state index is 13.0. The molecule has 4 aromatic rings. The average molecular weight is 457 g/mol. The van der Waals surface area contributed by atoms with E-state index in [1.165, 1.54) is 0 Å². The van der Waals surface area contributed by atoms with Gasteiger partial charge in [0.2, 0.25) is 5.91 Å². The Morgan fingerprint density at radius 3 is 2.68 bits per heavy atom. The summed E-state index contributed by atoms with van der Waals surface area (Å²) in [5.74, 6) is 1.10. The number of aromatic amines is 1. The van der Waals surface area contributed by atoms with Crippen molar-refractivity contribution in [2.75, 3.05) is 18.1 Å². The van der Waals surface area contributed by atoms with Crippen LogP contribution in [-0.2, 0) is 16.0 Å². The lowest BCUT2D eigenvalue weighted by atomic mass is 10.0. The van der Waals surface area contributed by atoms with Crippen LogP contribution in [-0.4, -0.2) is 40.0 Å². The Kier molecular flexibility index (Phi) is 5.86.